The lowest BCUT2D eigenvalue weighted by Gasteiger charge is -2.52. The first kappa shape index (κ1) is 26.2. The molecule has 6 rings (SSSR count). The quantitative estimate of drug-likeness (QED) is 0.313. The van der Waals surface area contributed by atoms with Crippen LogP contribution >= 0.6 is 0 Å². The van der Waals surface area contributed by atoms with Crippen molar-refractivity contribution >= 4 is 16.9 Å². The van der Waals surface area contributed by atoms with Crippen LogP contribution in [0.4, 0.5) is 19.0 Å². The van der Waals surface area contributed by atoms with Gasteiger partial charge >= 0.3 is 6.18 Å². The van der Waals surface area contributed by atoms with Crippen LogP contribution in [-0.4, -0.2) is 64.9 Å². The van der Waals surface area contributed by atoms with Gasteiger partial charge in [-0.05, 0) is 49.4 Å². The Balaban J connectivity index is 1.09. The molecule has 1 aliphatic carbocycles. The number of alkyl halides is 3. The third kappa shape index (κ3) is 4.89. The summed E-state index contributed by atoms with van der Waals surface area (Å²) in [5, 5.41) is 27.7. The summed E-state index contributed by atoms with van der Waals surface area (Å²) >= 11 is 0. The van der Waals surface area contributed by atoms with E-state index >= 15 is 0 Å². The van der Waals surface area contributed by atoms with Gasteiger partial charge in [0.1, 0.15) is 23.5 Å². The largest absolute Gasteiger partial charge is 0.433 e. The number of aliphatic hydroxyl groups excluding tert-OH is 1. The zero-order valence-corrected chi connectivity index (χ0v) is 21.6. The van der Waals surface area contributed by atoms with Crippen molar-refractivity contribution in [2.24, 2.45) is 0 Å². The standard InChI is InChI=1S/C27H28F3N9O/c28-27(29,30)22-9-17(15-40)10-23(37-22)36-19-2-7-38(8-3-19)20-11-26(12-20,4-5-31)39-14-18(13-35-39)24-21-1-6-32-25(21)34-16-33-24/h1,6,9-10,13-14,16,19-20,40H,2-4,7-8,11-12,15H2,(H,36,37)(H,32,33,34). The number of nitriles is 1. The number of H-pyrrole nitrogens is 1. The molecule has 2 fully saturated rings. The van der Waals surface area contributed by atoms with Gasteiger partial charge in [-0.15, -0.1) is 0 Å². The Bertz CT molecular complexity index is 1540. The molecule has 0 unspecified atom stereocenters. The van der Waals surface area contributed by atoms with Gasteiger partial charge in [-0.1, -0.05) is 0 Å². The number of aromatic amines is 1. The average molecular weight is 552 g/mol. The van der Waals surface area contributed by atoms with Crippen molar-refractivity contribution in [2.75, 3.05) is 18.4 Å². The number of anilines is 1. The molecule has 0 radical (unpaired) electrons. The van der Waals surface area contributed by atoms with E-state index in [1.165, 1.54) is 12.4 Å². The number of rotatable bonds is 7. The van der Waals surface area contributed by atoms with Crippen LogP contribution in [0.15, 0.2) is 43.1 Å². The Morgan fingerprint density at radius 3 is 2.73 bits per heavy atom. The van der Waals surface area contributed by atoms with Crippen molar-refractivity contribution in [3.63, 3.8) is 0 Å². The Hall–Kier alpha value is -4.02. The zero-order chi connectivity index (χ0) is 27.9. The summed E-state index contributed by atoms with van der Waals surface area (Å²) < 4.78 is 41.6. The van der Waals surface area contributed by atoms with Crippen LogP contribution in [0.2, 0.25) is 0 Å². The Morgan fingerprint density at radius 1 is 1.20 bits per heavy atom. The fourth-order valence-electron chi connectivity index (χ4n) is 5.96. The molecule has 3 N–H and O–H groups in total. The molecule has 0 spiro atoms. The first-order chi connectivity index (χ1) is 19.3. The maximum absolute atomic E-state index is 13.2. The average Bonchev–Trinajstić information content (AvgIpc) is 3.61. The highest BCUT2D eigenvalue weighted by molar-refractivity contribution is 5.90. The van der Waals surface area contributed by atoms with Gasteiger partial charge in [0.05, 0.1) is 36.5 Å². The first-order valence-electron chi connectivity index (χ1n) is 13.2. The number of aliphatic hydroxyl groups is 1. The van der Waals surface area contributed by atoms with Crippen LogP contribution in [0.1, 0.15) is 43.4 Å². The van der Waals surface area contributed by atoms with Crippen LogP contribution in [0.5, 0.6) is 0 Å². The van der Waals surface area contributed by atoms with Gasteiger partial charge in [-0.3, -0.25) is 4.68 Å². The van der Waals surface area contributed by atoms with E-state index in [1.807, 2.05) is 23.1 Å². The number of halogens is 3. The van der Waals surface area contributed by atoms with Gasteiger partial charge in [0.25, 0.3) is 0 Å². The van der Waals surface area contributed by atoms with Gasteiger partial charge in [-0.2, -0.15) is 23.5 Å². The molecule has 5 heterocycles. The predicted octanol–water partition coefficient (Wildman–Crippen LogP) is 4.08. The fraction of sp³-hybridized carbons (Fsp3) is 0.444. The molecule has 0 aromatic carbocycles. The third-order valence-electron chi connectivity index (χ3n) is 8.09. The molecular formula is C27H28F3N9O. The Kier molecular flexibility index (Phi) is 6.67. The molecule has 4 aromatic rings. The number of pyridine rings is 1. The minimum Gasteiger partial charge on any atom is -0.392 e. The second kappa shape index (κ2) is 10.2. The lowest BCUT2D eigenvalue weighted by atomic mass is 9.69. The topological polar surface area (TPSA) is 132 Å². The van der Waals surface area contributed by atoms with Crippen LogP contribution in [-0.2, 0) is 18.3 Å². The summed E-state index contributed by atoms with van der Waals surface area (Å²) in [4.78, 5) is 17.9. The van der Waals surface area contributed by atoms with E-state index in [-0.39, 0.29) is 23.0 Å². The number of aromatic nitrogens is 6. The normalized spacial score (nSPS) is 22.2. The van der Waals surface area contributed by atoms with Crippen molar-refractivity contribution in [3.05, 3.63) is 54.4 Å². The smallest absolute Gasteiger partial charge is 0.392 e. The fourth-order valence-corrected chi connectivity index (χ4v) is 5.96. The molecular weight excluding hydrogens is 523 g/mol. The molecule has 1 saturated heterocycles. The number of hydrogen-bond acceptors (Lipinski definition) is 8. The summed E-state index contributed by atoms with van der Waals surface area (Å²) in [5.74, 6) is 0.129. The first-order valence-corrected chi connectivity index (χ1v) is 13.2. The van der Waals surface area contributed by atoms with Gasteiger partial charge < -0.3 is 20.3 Å². The van der Waals surface area contributed by atoms with Crippen molar-refractivity contribution in [1.82, 2.24) is 34.6 Å². The summed E-state index contributed by atoms with van der Waals surface area (Å²) in [6.07, 6.45) is 5.93. The molecule has 13 heteroatoms. The third-order valence-corrected chi connectivity index (χ3v) is 8.09. The van der Waals surface area contributed by atoms with Crippen LogP contribution in [0, 0.1) is 11.3 Å². The summed E-state index contributed by atoms with van der Waals surface area (Å²) in [6.45, 7) is 1.08. The number of nitrogens with zero attached hydrogens (tertiary/aromatic N) is 7. The van der Waals surface area contributed by atoms with Gasteiger partial charge in [0.2, 0.25) is 0 Å². The Labute approximate surface area is 227 Å². The number of piperidine rings is 1. The minimum atomic E-state index is -4.58. The molecule has 2 aliphatic rings. The monoisotopic (exact) mass is 551 g/mol. The Morgan fingerprint density at radius 2 is 2.00 bits per heavy atom. The highest BCUT2D eigenvalue weighted by atomic mass is 19.4. The van der Waals surface area contributed by atoms with E-state index in [1.54, 1.807) is 6.20 Å². The summed E-state index contributed by atoms with van der Waals surface area (Å²) in [7, 11) is 0. The molecule has 208 valence electrons. The van der Waals surface area contributed by atoms with E-state index in [9.17, 15) is 23.5 Å². The molecule has 40 heavy (non-hydrogen) atoms. The molecule has 1 aliphatic heterocycles. The second-order valence-corrected chi connectivity index (χ2v) is 10.6. The van der Waals surface area contributed by atoms with E-state index in [0.717, 1.165) is 67.1 Å². The maximum atomic E-state index is 13.2. The minimum absolute atomic E-state index is 0.0190. The van der Waals surface area contributed by atoms with E-state index in [2.05, 4.69) is 41.3 Å². The summed E-state index contributed by atoms with van der Waals surface area (Å²) in [5.41, 5.74) is 1.18. The SMILES string of the molecule is N#CCC1(n2cc(-c3ncnc4[nH]ccc34)cn2)CC(N2CCC(Nc3cc(CO)cc(C(F)(F)F)n3)CC2)C1. The molecule has 0 bridgehead atoms. The maximum Gasteiger partial charge on any atom is 0.433 e. The van der Waals surface area contributed by atoms with Gasteiger partial charge in [0.15, 0.2) is 0 Å². The lowest BCUT2D eigenvalue weighted by molar-refractivity contribution is -0.141. The van der Waals surface area contributed by atoms with E-state index in [4.69, 9.17) is 0 Å². The number of hydrogen-bond donors (Lipinski definition) is 3. The highest BCUT2D eigenvalue weighted by Gasteiger charge is 2.49. The van der Waals surface area contributed by atoms with Gasteiger partial charge in [0, 0.05) is 48.5 Å². The van der Waals surface area contributed by atoms with Crippen LogP contribution in [0.25, 0.3) is 22.3 Å². The van der Waals surface area contributed by atoms with Gasteiger partial charge in [-0.25, -0.2) is 15.0 Å². The lowest BCUT2D eigenvalue weighted by Crippen LogP contribution is -2.58. The number of nitrogens with one attached hydrogen (secondary N) is 2. The molecule has 0 atom stereocenters. The molecule has 0 amide bonds. The highest BCUT2D eigenvalue weighted by Crippen LogP contribution is 2.45. The second-order valence-electron chi connectivity index (χ2n) is 10.6. The van der Waals surface area contributed by atoms with E-state index < -0.39 is 18.5 Å². The molecule has 4 aromatic heterocycles. The van der Waals surface area contributed by atoms with Crippen molar-refractivity contribution in [2.45, 2.75) is 62.5 Å². The summed E-state index contributed by atoms with van der Waals surface area (Å²) in [6, 6.07) is 6.88. The van der Waals surface area contributed by atoms with Crippen LogP contribution in [0.3, 0.4) is 0 Å². The number of likely N-dealkylation sites (tertiary alicyclic amines) is 1. The molecule has 1 saturated carbocycles. The predicted molar refractivity (Wildman–Crippen MR) is 140 cm³/mol. The number of fused-ring (bicyclic) bond motifs is 1. The van der Waals surface area contributed by atoms with Crippen molar-refractivity contribution < 1.29 is 18.3 Å². The molecule has 10 nitrogen and oxygen atoms in total. The van der Waals surface area contributed by atoms with Crippen LogP contribution < -0.4 is 5.32 Å². The van der Waals surface area contributed by atoms with Crippen molar-refractivity contribution in [3.8, 4) is 17.3 Å². The van der Waals surface area contributed by atoms with E-state index in [0.29, 0.717) is 12.5 Å². The van der Waals surface area contributed by atoms with Crippen molar-refractivity contribution in [1.29, 1.82) is 5.26 Å². The zero-order valence-electron chi connectivity index (χ0n) is 21.6.